The number of benzene rings is 2. The Morgan fingerprint density at radius 2 is 1.69 bits per heavy atom. The second kappa shape index (κ2) is 7.60. The van der Waals surface area contributed by atoms with Crippen molar-refractivity contribution < 1.29 is 9.59 Å². The number of anilines is 3. The van der Waals surface area contributed by atoms with Crippen molar-refractivity contribution >= 4 is 40.0 Å². The number of aromatic nitrogens is 2. The molecule has 3 rings (SSSR count). The van der Waals surface area contributed by atoms with Gasteiger partial charge in [0.15, 0.2) is 0 Å². The number of nitrogens with zero attached hydrogens (tertiary/aromatic N) is 3. The summed E-state index contributed by atoms with van der Waals surface area (Å²) < 4.78 is 0. The molecule has 2 N–H and O–H groups in total. The van der Waals surface area contributed by atoms with Gasteiger partial charge in [-0.05, 0) is 30.3 Å². The summed E-state index contributed by atoms with van der Waals surface area (Å²) in [4.78, 5) is 34.0. The van der Waals surface area contributed by atoms with Crippen molar-refractivity contribution in [2.24, 2.45) is 0 Å². The average molecular weight is 349 g/mol. The van der Waals surface area contributed by atoms with Crippen LogP contribution in [-0.4, -0.2) is 35.4 Å². The van der Waals surface area contributed by atoms with Gasteiger partial charge in [0, 0.05) is 25.3 Å². The van der Waals surface area contributed by atoms with E-state index < -0.39 is 0 Å². The van der Waals surface area contributed by atoms with E-state index in [0.717, 1.165) is 11.0 Å². The Bertz CT molecular complexity index is 957. The molecule has 0 fully saturated rings. The minimum atomic E-state index is -0.192. The van der Waals surface area contributed by atoms with E-state index in [-0.39, 0.29) is 18.4 Å². The highest BCUT2D eigenvalue weighted by atomic mass is 16.2. The highest BCUT2D eigenvalue weighted by molar-refractivity contribution is 5.95. The number of carbonyl (C=O) groups excluding carboxylic acids is 2. The van der Waals surface area contributed by atoms with Crippen LogP contribution in [0.25, 0.3) is 11.0 Å². The van der Waals surface area contributed by atoms with E-state index in [9.17, 15) is 9.59 Å². The van der Waals surface area contributed by atoms with Gasteiger partial charge in [-0.1, -0.05) is 18.2 Å². The summed E-state index contributed by atoms with van der Waals surface area (Å²) >= 11 is 0. The number of nitrogens with one attached hydrogen (secondary N) is 2. The first-order chi connectivity index (χ1) is 12.5. The third-order valence-corrected chi connectivity index (χ3v) is 3.67. The number of carbonyl (C=O) groups is 2. The van der Waals surface area contributed by atoms with Crippen LogP contribution in [0.5, 0.6) is 0 Å². The molecule has 7 nitrogen and oxygen atoms in total. The molecule has 0 saturated carbocycles. The Kier molecular flexibility index (Phi) is 5.07. The lowest BCUT2D eigenvalue weighted by Crippen LogP contribution is -2.30. The van der Waals surface area contributed by atoms with Gasteiger partial charge in [-0.25, -0.2) is 4.98 Å². The maximum atomic E-state index is 12.3. The molecular formula is C19H19N5O2. The summed E-state index contributed by atoms with van der Waals surface area (Å²) in [6, 6.07) is 14.6. The van der Waals surface area contributed by atoms with E-state index in [0.29, 0.717) is 17.2 Å². The van der Waals surface area contributed by atoms with Crippen LogP contribution in [0.15, 0.2) is 54.7 Å². The van der Waals surface area contributed by atoms with Crippen LogP contribution in [-0.2, 0) is 9.59 Å². The van der Waals surface area contributed by atoms with Gasteiger partial charge in [-0.15, -0.1) is 0 Å². The molecule has 0 radical (unpaired) electrons. The van der Waals surface area contributed by atoms with Crippen molar-refractivity contribution in [1.29, 1.82) is 0 Å². The summed E-state index contributed by atoms with van der Waals surface area (Å²) in [6.45, 7) is 1.56. The lowest BCUT2D eigenvalue weighted by atomic mass is 10.2. The van der Waals surface area contributed by atoms with Crippen LogP contribution in [0.3, 0.4) is 0 Å². The van der Waals surface area contributed by atoms with Crippen molar-refractivity contribution in [3.8, 4) is 0 Å². The molecule has 3 aromatic rings. The molecule has 1 aromatic heterocycles. The van der Waals surface area contributed by atoms with Gasteiger partial charge in [-0.3, -0.25) is 14.6 Å². The highest BCUT2D eigenvalue weighted by Crippen LogP contribution is 2.16. The predicted molar refractivity (Wildman–Crippen MR) is 102 cm³/mol. The van der Waals surface area contributed by atoms with E-state index in [1.54, 1.807) is 42.4 Å². The van der Waals surface area contributed by atoms with Crippen LogP contribution < -0.4 is 15.5 Å². The van der Waals surface area contributed by atoms with Crippen LogP contribution in [0.2, 0.25) is 0 Å². The Morgan fingerprint density at radius 3 is 2.42 bits per heavy atom. The molecule has 1 heterocycles. The second-order valence-corrected chi connectivity index (χ2v) is 5.88. The summed E-state index contributed by atoms with van der Waals surface area (Å²) in [7, 11) is 1.78. The van der Waals surface area contributed by atoms with Gasteiger partial charge < -0.3 is 15.5 Å². The zero-order chi connectivity index (χ0) is 18.5. The van der Waals surface area contributed by atoms with Gasteiger partial charge in [0.05, 0.1) is 23.8 Å². The third kappa shape index (κ3) is 4.32. The van der Waals surface area contributed by atoms with Crippen molar-refractivity contribution in [1.82, 2.24) is 9.97 Å². The van der Waals surface area contributed by atoms with Crippen molar-refractivity contribution in [3.63, 3.8) is 0 Å². The molecule has 2 aromatic carbocycles. The van der Waals surface area contributed by atoms with Gasteiger partial charge in [0.25, 0.3) is 0 Å². The summed E-state index contributed by atoms with van der Waals surface area (Å²) in [5.41, 5.74) is 2.83. The molecule has 0 saturated heterocycles. The number of amides is 2. The average Bonchev–Trinajstić information content (AvgIpc) is 2.61. The number of hydrogen-bond acceptors (Lipinski definition) is 5. The molecule has 0 unspecified atom stereocenters. The van der Waals surface area contributed by atoms with E-state index >= 15 is 0 Å². The largest absolute Gasteiger partial charge is 0.349 e. The predicted octanol–water partition coefficient (Wildman–Crippen LogP) is 2.66. The van der Waals surface area contributed by atoms with Crippen LogP contribution in [0, 0.1) is 0 Å². The summed E-state index contributed by atoms with van der Waals surface area (Å²) in [5.74, 6) is 0.261. The van der Waals surface area contributed by atoms with Gasteiger partial charge in [0.1, 0.15) is 5.82 Å². The monoisotopic (exact) mass is 349 g/mol. The first-order valence-corrected chi connectivity index (χ1v) is 8.12. The Labute approximate surface area is 151 Å². The van der Waals surface area contributed by atoms with Gasteiger partial charge in [-0.2, -0.15) is 0 Å². The first kappa shape index (κ1) is 17.3. The fourth-order valence-electron chi connectivity index (χ4n) is 2.51. The molecule has 0 spiro atoms. The highest BCUT2D eigenvalue weighted by Gasteiger charge is 2.10. The van der Waals surface area contributed by atoms with Crippen LogP contribution >= 0.6 is 0 Å². The maximum absolute atomic E-state index is 12.3. The fraction of sp³-hybridized carbons (Fsp3) is 0.158. The summed E-state index contributed by atoms with van der Waals surface area (Å²) in [5, 5.41) is 5.50. The number of hydrogen-bond donors (Lipinski definition) is 2. The SMILES string of the molecule is CC(=O)Nc1cccc(NC(=O)CN(C)c2cnc3ccccc3n2)c1. The van der Waals surface area contributed by atoms with Crippen LogP contribution in [0.4, 0.5) is 17.2 Å². The number of likely N-dealkylation sites (N-methyl/N-ethyl adjacent to an activating group) is 1. The lowest BCUT2D eigenvalue weighted by Gasteiger charge is -2.17. The Morgan fingerprint density at radius 1 is 1.00 bits per heavy atom. The molecule has 0 atom stereocenters. The van der Waals surface area contributed by atoms with Gasteiger partial charge >= 0.3 is 0 Å². The Hall–Kier alpha value is -3.48. The minimum Gasteiger partial charge on any atom is -0.349 e. The van der Waals surface area contributed by atoms with E-state index in [1.165, 1.54) is 6.92 Å². The zero-order valence-electron chi connectivity index (χ0n) is 14.6. The van der Waals surface area contributed by atoms with E-state index in [4.69, 9.17) is 0 Å². The zero-order valence-corrected chi connectivity index (χ0v) is 14.6. The van der Waals surface area contributed by atoms with E-state index in [1.807, 2.05) is 24.3 Å². The minimum absolute atomic E-state index is 0.122. The quantitative estimate of drug-likeness (QED) is 0.739. The van der Waals surface area contributed by atoms with Gasteiger partial charge in [0.2, 0.25) is 11.8 Å². The number of para-hydroxylation sites is 2. The normalized spacial score (nSPS) is 10.4. The van der Waals surface area contributed by atoms with Crippen molar-refractivity contribution in [2.45, 2.75) is 6.92 Å². The Balaban J connectivity index is 1.66. The van der Waals surface area contributed by atoms with Crippen molar-refractivity contribution in [2.75, 3.05) is 29.1 Å². The lowest BCUT2D eigenvalue weighted by molar-refractivity contribution is -0.115. The molecule has 132 valence electrons. The summed E-state index contributed by atoms with van der Waals surface area (Å²) in [6.07, 6.45) is 1.65. The van der Waals surface area contributed by atoms with Crippen molar-refractivity contribution in [3.05, 3.63) is 54.7 Å². The molecule has 0 bridgehead atoms. The topological polar surface area (TPSA) is 87.2 Å². The molecule has 0 aliphatic carbocycles. The molecule has 2 amide bonds. The second-order valence-electron chi connectivity index (χ2n) is 5.88. The maximum Gasteiger partial charge on any atom is 0.243 e. The number of fused-ring (bicyclic) bond motifs is 1. The molecule has 7 heteroatoms. The standard InChI is InChI=1S/C19H19N5O2/c1-13(25)21-14-6-5-7-15(10-14)22-19(26)12-24(2)18-11-20-16-8-3-4-9-17(16)23-18/h3-11H,12H2,1-2H3,(H,21,25)(H,22,26). The third-order valence-electron chi connectivity index (χ3n) is 3.67. The number of rotatable bonds is 5. The molecule has 0 aliphatic rings. The van der Waals surface area contributed by atoms with Crippen LogP contribution in [0.1, 0.15) is 6.92 Å². The smallest absolute Gasteiger partial charge is 0.243 e. The first-order valence-electron chi connectivity index (χ1n) is 8.12. The van der Waals surface area contributed by atoms with E-state index in [2.05, 4.69) is 20.6 Å². The molecule has 26 heavy (non-hydrogen) atoms. The fourth-order valence-corrected chi connectivity index (χ4v) is 2.51. The molecule has 0 aliphatic heterocycles. The molecular weight excluding hydrogens is 330 g/mol.